The van der Waals surface area contributed by atoms with Crippen LogP contribution in [-0.2, 0) is 11.2 Å². The third-order valence-corrected chi connectivity index (χ3v) is 3.66. The topological polar surface area (TPSA) is 18.5 Å². The van der Waals surface area contributed by atoms with Gasteiger partial charge in [-0.3, -0.25) is 0 Å². The summed E-state index contributed by atoms with van der Waals surface area (Å²) >= 11 is 5.94. The number of rotatable bonds is 4. The SMILES string of the molecule is Clc1cccc(OC2CCC(Cc3ccccc3)=CO2)c1. The van der Waals surface area contributed by atoms with Crippen LogP contribution in [-0.4, -0.2) is 6.29 Å². The molecule has 2 aromatic carbocycles. The third kappa shape index (κ3) is 4.02. The Kier molecular flexibility index (Phi) is 4.46. The maximum Gasteiger partial charge on any atom is 0.240 e. The van der Waals surface area contributed by atoms with Gasteiger partial charge in [-0.2, -0.15) is 0 Å². The molecule has 0 saturated heterocycles. The summed E-state index contributed by atoms with van der Waals surface area (Å²) in [5.41, 5.74) is 2.61. The average molecular weight is 301 g/mol. The molecule has 1 unspecified atom stereocenters. The van der Waals surface area contributed by atoms with Crippen LogP contribution in [0.25, 0.3) is 0 Å². The molecule has 0 fully saturated rings. The lowest BCUT2D eigenvalue weighted by Gasteiger charge is -2.24. The van der Waals surface area contributed by atoms with E-state index in [-0.39, 0.29) is 6.29 Å². The molecule has 2 nitrogen and oxygen atoms in total. The zero-order valence-electron chi connectivity index (χ0n) is 11.7. The summed E-state index contributed by atoms with van der Waals surface area (Å²) in [6, 6.07) is 17.8. The van der Waals surface area contributed by atoms with Crippen LogP contribution >= 0.6 is 11.6 Å². The number of benzene rings is 2. The van der Waals surface area contributed by atoms with Crippen molar-refractivity contribution in [2.45, 2.75) is 25.6 Å². The minimum atomic E-state index is -0.233. The second-order valence-electron chi connectivity index (χ2n) is 5.12. The number of hydrogen-bond donors (Lipinski definition) is 0. The van der Waals surface area contributed by atoms with Crippen LogP contribution in [0.2, 0.25) is 5.02 Å². The first-order valence-electron chi connectivity index (χ1n) is 7.09. The molecule has 1 heterocycles. The van der Waals surface area contributed by atoms with Gasteiger partial charge in [0, 0.05) is 11.4 Å². The van der Waals surface area contributed by atoms with Crippen molar-refractivity contribution in [1.82, 2.24) is 0 Å². The van der Waals surface area contributed by atoms with E-state index in [1.807, 2.05) is 30.5 Å². The van der Waals surface area contributed by atoms with Crippen molar-refractivity contribution in [3.05, 3.63) is 77.0 Å². The Balaban J connectivity index is 1.56. The van der Waals surface area contributed by atoms with E-state index < -0.39 is 0 Å². The molecule has 3 heteroatoms. The standard InChI is InChI=1S/C18H17ClO2/c19-16-7-4-8-17(12-16)21-18-10-9-15(13-20-18)11-14-5-2-1-3-6-14/h1-8,12-13,18H,9-11H2. The Bertz CT molecular complexity index is 622. The summed E-state index contributed by atoms with van der Waals surface area (Å²) in [5.74, 6) is 0.743. The predicted octanol–water partition coefficient (Wildman–Crippen LogP) is 4.98. The average Bonchev–Trinajstić information content (AvgIpc) is 2.50. The maximum absolute atomic E-state index is 5.94. The minimum absolute atomic E-state index is 0.233. The van der Waals surface area contributed by atoms with Gasteiger partial charge < -0.3 is 9.47 Å². The molecule has 3 rings (SSSR count). The second kappa shape index (κ2) is 6.68. The van der Waals surface area contributed by atoms with E-state index in [9.17, 15) is 0 Å². The fourth-order valence-corrected chi connectivity index (χ4v) is 2.55. The fourth-order valence-electron chi connectivity index (χ4n) is 2.37. The Morgan fingerprint density at radius 1 is 1.10 bits per heavy atom. The van der Waals surface area contributed by atoms with Crippen molar-refractivity contribution in [1.29, 1.82) is 0 Å². The first-order valence-corrected chi connectivity index (χ1v) is 7.47. The second-order valence-corrected chi connectivity index (χ2v) is 5.55. The van der Waals surface area contributed by atoms with Crippen LogP contribution in [0.15, 0.2) is 66.4 Å². The van der Waals surface area contributed by atoms with Gasteiger partial charge in [-0.15, -0.1) is 0 Å². The van der Waals surface area contributed by atoms with Gasteiger partial charge in [0.2, 0.25) is 6.29 Å². The van der Waals surface area contributed by atoms with Crippen LogP contribution in [0, 0.1) is 0 Å². The molecule has 0 spiro atoms. The molecule has 0 aromatic heterocycles. The molecule has 2 aromatic rings. The highest BCUT2D eigenvalue weighted by molar-refractivity contribution is 6.30. The minimum Gasteiger partial charge on any atom is -0.463 e. The van der Waals surface area contributed by atoms with Crippen LogP contribution in [0.4, 0.5) is 0 Å². The van der Waals surface area contributed by atoms with Crippen molar-refractivity contribution in [2.75, 3.05) is 0 Å². The quantitative estimate of drug-likeness (QED) is 0.792. The molecular formula is C18H17ClO2. The van der Waals surface area contributed by atoms with Gasteiger partial charge in [0.05, 0.1) is 6.26 Å². The smallest absolute Gasteiger partial charge is 0.240 e. The summed E-state index contributed by atoms with van der Waals surface area (Å²) in [7, 11) is 0. The van der Waals surface area contributed by atoms with E-state index in [2.05, 4.69) is 24.3 Å². The van der Waals surface area contributed by atoms with Gasteiger partial charge in [-0.25, -0.2) is 0 Å². The molecule has 1 atom stereocenters. The summed E-state index contributed by atoms with van der Waals surface area (Å²) < 4.78 is 11.5. The van der Waals surface area contributed by atoms with Crippen molar-refractivity contribution in [2.24, 2.45) is 0 Å². The van der Waals surface area contributed by atoms with Gasteiger partial charge in [0.1, 0.15) is 5.75 Å². The molecule has 0 saturated carbocycles. The molecule has 1 aliphatic heterocycles. The zero-order chi connectivity index (χ0) is 14.5. The molecule has 0 N–H and O–H groups in total. The van der Waals surface area contributed by atoms with Crippen molar-refractivity contribution in [3.8, 4) is 5.75 Å². The normalized spacial score (nSPS) is 17.8. The largest absolute Gasteiger partial charge is 0.463 e. The maximum atomic E-state index is 5.94. The van der Waals surface area contributed by atoms with E-state index in [1.54, 1.807) is 6.07 Å². The molecule has 108 valence electrons. The van der Waals surface area contributed by atoms with Crippen molar-refractivity contribution >= 4 is 11.6 Å². The fraction of sp³-hybridized carbons (Fsp3) is 0.222. The van der Waals surface area contributed by atoms with Crippen molar-refractivity contribution in [3.63, 3.8) is 0 Å². The van der Waals surface area contributed by atoms with Crippen molar-refractivity contribution < 1.29 is 9.47 Å². The van der Waals surface area contributed by atoms with Crippen LogP contribution in [0.1, 0.15) is 18.4 Å². The molecule has 1 aliphatic rings. The number of ether oxygens (including phenoxy) is 2. The summed E-state index contributed by atoms with van der Waals surface area (Å²) in [5, 5.41) is 0.670. The van der Waals surface area contributed by atoms with E-state index >= 15 is 0 Å². The first-order chi connectivity index (χ1) is 10.3. The highest BCUT2D eigenvalue weighted by atomic mass is 35.5. The lowest BCUT2D eigenvalue weighted by Crippen LogP contribution is -2.22. The highest BCUT2D eigenvalue weighted by Crippen LogP contribution is 2.25. The van der Waals surface area contributed by atoms with Crippen LogP contribution < -0.4 is 4.74 Å². The Labute approximate surface area is 130 Å². The Hall–Kier alpha value is -1.93. The lowest BCUT2D eigenvalue weighted by atomic mass is 10.0. The summed E-state index contributed by atoms with van der Waals surface area (Å²) in [6.07, 6.45) is 4.38. The van der Waals surface area contributed by atoms with E-state index in [0.29, 0.717) is 5.02 Å². The third-order valence-electron chi connectivity index (χ3n) is 3.43. The van der Waals surface area contributed by atoms with Crippen LogP contribution in [0.5, 0.6) is 5.75 Å². The lowest BCUT2D eigenvalue weighted by molar-refractivity contribution is -0.0441. The molecular weight excluding hydrogens is 284 g/mol. The van der Waals surface area contributed by atoms with E-state index in [1.165, 1.54) is 11.1 Å². The molecule has 21 heavy (non-hydrogen) atoms. The molecule has 0 aliphatic carbocycles. The predicted molar refractivity (Wildman–Crippen MR) is 84.4 cm³/mol. The van der Waals surface area contributed by atoms with Crippen LogP contribution in [0.3, 0.4) is 0 Å². The first kappa shape index (κ1) is 14.0. The van der Waals surface area contributed by atoms with Gasteiger partial charge in [0.15, 0.2) is 0 Å². The Morgan fingerprint density at radius 3 is 2.67 bits per heavy atom. The zero-order valence-corrected chi connectivity index (χ0v) is 12.4. The van der Waals surface area contributed by atoms with E-state index in [4.69, 9.17) is 21.1 Å². The number of hydrogen-bond acceptors (Lipinski definition) is 2. The molecule has 0 bridgehead atoms. The molecule has 0 radical (unpaired) electrons. The Morgan fingerprint density at radius 2 is 1.95 bits per heavy atom. The number of allylic oxidation sites excluding steroid dienone is 1. The highest BCUT2D eigenvalue weighted by Gasteiger charge is 2.17. The van der Waals surface area contributed by atoms with Gasteiger partial charge in [-0.1, -0.05) is 48.0 Å². The van der Waals surface area contributed by atoms with Gasteiger partial charge in [0.25, 0.3) is 0 Å². The van der Waals surface area contributed by atoms with E-state index in [0.717, 1.165) is 25.0 Å². The summed E-state index contributed by atoms with van der Waals surface area (Å²) in [6.45, 7) is 0. The number of halogens is 1. The van der Waals surface area contributed by atoms with Gasteiger partial charge in [-0.05, 0) is 42.2 Å². The summed E-state index contributed by atoms with van der Waals surface area (Å²) in [4.78, 5) is 0. The van der Waals surface area contributed by atoms with Gasteiger partial charge >= 0.3 is 0 Å². The monoisotopic (exact) mass is 300 g/mol. The molecule has 0 amide bonds.